The van der Waals surface area contributed by atoms with Gasteiger partial charge in [0.05, 0.1) is 0 Å². The van der Waals surface area contributed by atoms with E-state index in [4.69, 9.17) is 0 Å². The van der Waals surface area contributed by atoms with Crippen molar-refractivity contribution in [1.29, 1.82) is 0 Å². The minimum absolute atomic E-state index is 0.166. The molecule has 0 radical (unpaired) electrons. The summed E-state index contributed by atoms with van der Waals surface area (Å²) >= 11 is 0. The number of rotatable bonds is 5. The maximum Gasteiger partial charge on any atom is 0.154 e. The van der Waals surface area contributed by atoms with Crippen LogP contribution < -0.4 is 0 Å². The Hall–Kier alpha value is -2.54. The van der Waals surface area contributed by atoms with Crippen LogP contribution in [0.15, 0.2) is 36.7 Å². The maximum atomic E-state index is 13.6. The fourth-order valence-electron chi connectivity index (χ4n) is 3.87. The Bertz CT molecular complexity index is 901. The summed E-state index contributed by atoms with van der Waals surface area (Å²) in [6.45, 7) is 5.39. The molecule has 7 heteroatoms. The third kappa shape index (κ3) is 3.93. The van der Waals surface area contributed by atoms with Crippen molar-refractivity contribution in [3.8, 4) is 0 Å². The van der Waals surface area contributed by atoms with Crippen molar-refractivity contribution in [2.75, 3.05) is 13.1 Å². The van der Waals surface area contributed by atoms with Gasteiger partial charge in [-0.15, -0.1) is 10.2 Å². The lowest BCUT2D eigenvalue weighted by Gasteiger charge is -2.32. The van der Waals surface area contributed by atoms with Crippen molar-refractivity contribution in [1.82, 2.24) is 29.4 Å². The van der Waals surface area contributed by atoms with Crippen LogP contribution in [-0.2, 0) is 20.1 Å². The number of aromatic nitrogens is 5. The summed E-state index contributed by atoms with van der Waals surface area (Å²) in [6.07, 6.45) is 5.91. The molecular weight excluding hydrogens is 343 g/mol. The summed E-state index contributed by atoms with van der Waals surface area (Å²) in [5.41, 5.74) is 2.20. The molecule has 0 N–H and O–H groups in total. The molecule has 0 amide bonds. The molecule has 1 unspecified atom stereocenters. The van der Waals surface area contributed by atoms with Crippen LogP contribution in [0.1, 0.15) is 41.5 Å². The number of hydrogen-bond donors (Lipinski definition) is 0. The van der Waals surface area contributed by atoms with Gasteiger partial charge in [-0.05, 0) is 55.6 Å². The Morgan fingerprint density at radius 1 is 1.22 bits per heavy atom. The first-order valence-corrected chi connectivity index (χ1v) is 9.43. The second-order valence-electron chi connectivity index (χ2n) is 7.38. The largest absolute Gasteiger partial charge is 0.316 e. The highest BCUT2D eigenvalue weighted by molar-refractivity contribution is 5.26. The van der Waals surface area contributed by atoms with E-state index in [2.05, 4.69) is 24.8 Å². The first kappa shape index (κ1) is 17.9. The molecule has 1 aliphatic heterocycles. The Morgan fingerprint density at radius 3 is 2.93 bits per heavy atom. The summed E-state index contributed by atoms with van der Waals surface area (Å²) < 4.78 is 17.6. The number of piperidine rings is 1. The highest BCUT2D eigenvalue weighted by Gasteiger charge is 2.26. The zero-order chi connectivity index (χ0) is 18.8. The Balaban J connectivity index is 1.47. The van der Waals surface area contributed by atoms with Crippen LogP contribution in [0.5, 0.6) is 0 Å². The summed E-state index contributed by atoms with van der Waals surface area (Å²) in [6, 6.07) is 6.95. The lowest BCUT2D eigenvalue weighted by molar-refractivity contribution is 0.194. The van der Waals surface area contributed by atoms with E-state index in [1.165, 1.54) is 6.07 Å². The van der Waals surface area contributed by atoms with Gasteiger partial charge in [-0.25, -0.2) is 4.39 Å². The SMILES string of the molecule is Cc1ccc(F)cc1CN1CCCC(c2nnc(Cn3cccn3)n2C)C1. The van der Waals surface area contributed by atoms with Gasteiger partial charge in [-0.3, -0.25) is 9.58 Å². The molecule has 1 atom stereocenters. The van der Waals surface area contributed by atoms with Crippen molar-refractivity contribution in [2.24, 2.45) is 7.05 Å². The Labute approximate surface area is 158 Å². The molecule has 3 aromatic rings. The van der Waals surface area contributed by atoms with Gasteiger partial charge in [-0.2, -0.15) is 5.10 Å². The minimum atomic E-state index is -0.166. The van der Waals surface area contributed by atoms with Crippen LogP contribution in [0.2, 0.25) is 0 Å². The molecule has 4 rings (SSSR count). The topological polar surface area (TPSA) is 51.8 Å². The van der Waals surface area contributed by atoms with Crippen molar-refractivity contribution < 1.29 is 4.39 Å². The zero-order valence-corrected chi connectivity index (χ0v) is 15.8. The summed E-state index contributed by atoms with van der Waals surface area (Å²) in [7, 11) is 2.03. The molecule has 3 heterocycles. The lowest BCUT2D eigenvalue weighted by Crippen LogP contribution is -2.35. The monoisotopic (exact) mass is 368 g/mol. The zero-order valence-electron chi connectivity index (χ0n) is 15.8. The van der Waals surface area contributed by atoms with Crippen LogP contribution in [0.3, 0.4) is 0 Å². The van der Waals surface area contributed by atoms with Crippen molar-refractivity contribution in [3.05, 3.63) is 65.3 Å². The molecule has 27 heavy (non-hydrogen) atoms. The summed E-state index contributed by atoms with van der Waals surface area (Å²) in [4.78, 5) is 2.40. The molecule has 0 aliphatic carbocycles. The van der Waals surface area contributed by atoms with Gasteiger partial charge < -0.3 is 4.57 Å². The smallest absolute Gasteiger partial charge is 0.154 e. The highest BCUT2D eigenvalue weighted by atomic mass is 19.1. The van der Waals surface area contributed by atoms with Crippen LogP contribution in [0.4, 0.5) is 4.39 Å². The molecule has 0 saturated carbocycles. The number of halogens is 1. The predicted molar refractivity (Wildman–Crippen MR) is 101 cm³/mol. The Kier molecular flexibility index (Phi) is 5.03. The predicted octanol–water partition coefficient (Wildman–Crippen LogP) is 2.89. The van der Waals surface area contributed by atoms with E-state index in [0.717, 1.165) is 55.3 Å². The molecule has 1 aliphatic rings. The Morgan fingerprint density at radius 2 is 2.11 bits per heavy atom. The fourth-order valence-corrected chi connectivity index (χ4v) is 3.87. The molecule has 6 nitrogen and oxygen atoms in total. The second kappa shape index (κ2) is 7.60. The van der Waals surface area contributed by atoms with Gasteiger partial charge in [0.15, 0.2) is 5.82 Å². The molecular formula is C20H25FN6. The van der Waals surface area contributed by atoms with E-state index in [1.54, 1.807) is 12.3 Å². The molecule has 0 bridgehead atoms. The average molecular weight is 368 g/mol. The minimum Gasteiger partial charge on any atom is -0.316 e. The van der Waals surface area contributed by atoms with E-state index < -0.39 is 0 Å². The van der Waals surface area contributed by atoms with Gasteiger partial charge >= 0.3 is 0 Å². The number of aryl methyl sites for hydroxylation is 1. The van der Waals surface area contributed by atoms with Crippen molar-refractivity contribution >= 4 is 0 Å². The van der Waals surface area contributed by atoms with Gasteiger partial charge in [0, 0.05) is 38.4 Å². The fraction of sp³-hybridized carbons (Fsp3) is 0.450. The third-order valence-corrected chi connectivity index (χ3v) is 5.44. The quantitative estimate of drug-likeness (QED) is 0.695. The summed E-state index contributed by atoms with van der Waals surface area (Å²) in [5.74, 6) is 2.11. The molecule has 1 fully saturated rings. The van der Waals surface area contributed by atoms with E-state index in [1.807, 2.05) is 37.0 Å². The van der Waals surface area contributed by atoms with Gasteiger partial charge in [0.25, 0.3) is 0 Å². The first-order valence-electron chi connectivity index (χ1n) is 9.43. The first-order chi connectivity index (χ1) is 13.1. The average Bonchev–Trinajstić information content (AvgIpc) is 3.29. The van der Waals surface area contributed by atoms with Crippen molar-refractivity contribution in [2.45, 2.75) is 38.8 Å². The van der Waals surface area contributed by atoms with Crippen LogP contribution in [-0.4, -0.2) is 42.5 Å². The number of likely N-dealkylation sites (tertiary alicyclic amines) is 1. The molecule has 0 spiro atoms. The molecule has 142 valence electrons. The highest BCUT2D eigenvalue weighted by Crippen LogP contribution is 2.27. The molecule has 1 saturated heterocycles. The van der Waals surface area contributed by atoms with E-state index in [9.17, 15) is 4.39 Å². The number of hydrogen-bond acceptors (Lipinski definition) is 4. The van der Waals surface area contributed by atoms with Crippen LogP contribution in [0.25, 0.3) is 0 Å². The maximum absolute atomic E-state index is 13.6. The van der Waals surface area contributed by atoms with Crippen molar-refractivity contribution in [3.63, 3.8) is 0 Å². The number of benzene rings is 1. The molecule has 1 aromatic carbocycles. The van der Waals surface area contributed by atoms with Crippen LogP contribution >= 0.6 is 0 Å². The van der Waals surface area contributed by atoms with Gasteiger partial charge in [-0.1, -0.05) is 6.07 Å². The third-order valence-electron chi connectivity index (χ3n) is 5.44. The standard InChI is InChI=1S/C20H25FN6/c1-15-6-7-18(21)11-17(15)13-26-9-3-5-16(12-26)20-24-23-19(25(20)2)14-27-10-4-8-22-27/h4,6-8,10-11,16H,3,5,9,12-14H2,1-2H3. The second-order valence-corrected chi connectivity index (χ2v) is 7.38. The molecule has 2 aromatic heterocycles. The van der Waals surface area contributed by atoms with E-state index in [-0.39, 0.29) is 5.82 Å². The van der Waals surface area contributed by atoms with Gasteiger partial charge in [0.2, 0.25) is 0 Å². The van der Waals surface area contributed by atoms with E-state index >= 15 is 0 Å². The lowest BCUT2D eigenvalue weighted by atomic mass is 9.96. The number of nitrogens with zero attached hydrogens (tertiary/aromatic N) is 6. The van der Waals surface area contributed by atoms with Crippen LogP contribution in [0, 0.1) is 12.7 Å². The normalized spacial score (nSPS) is 18.1. The summed E-state index contributed by atoms with van der Waals surface area (Å²) in [5, 5.41) is 13.1. The van der Waals surface area contributed by atoms with Gasteiger partial charge in [0.1, 0.15) is 18.2 Å². The van der Waals surface area contributed by atoms with E-state index in [0.29, 0.717) is 12.5 Å².